The molecule has 18 heavy (non-hydrogen) atoms. The Morgan fingerprint density at radius 3 is 2.39 bits per heavy atom. The average Bonchev–Trinajstić information content (AvgIpc) is 2.38. The molecule has 1 amide bonds. The average molecular weight is 355 g/mol. The summed E-state index contributed by atoms with van der Waals surface area (Å²) in [5.41, 5.74) is 2.77. The van der Waals surface area contributed by atoms with Crippen LogP contribution in [0.3, 0.4) is 0 Å². The fourth-order valence-corrected chi connectivity index (χ4v) is 1.81. The zero-order valence-corrected chi connectivity index (χ0v) is 13.1. The van der Waals surface area contributed by atoms with E-state index in [-0.39, 0.29) is 5.91 Å². The van der Waals surface area contributed by atoms with E-state index in [9.17, 15) is 4.79 Å². The molecule has 1 N–H and O–H groups in total. The van der Waals surface area contributed by atoms with Crippen molar-refractivity contribution in [2.45, 2.75) is 27.2 Å². The molecule has 2 nitrogen and oxygen atoms in total. The smallest absolute Gasteiger partial charge is 0.255 e. The summed E-state index contributed by atoms with van der Waals surface area (Å²) >= 11 is 2.21. The van der Waals surface area contributed by atoms with Gasteiger partial charge in [0.1, 0.15) is 0 Å². The Bertz CT molecular complexity index is 468. The van der Waals surface area contributed by atoms with Gasteiger partial charge in [0, 0.05) is 14.8 Å². The number of rotatable bonds is 4. The summed E-state index contributed by atoms with van der Waals surface area (Å²) in [7, 11) is 0. The molecular formula is C15H18INO. The van der Waals surface area contributed by atoms with Crippen LogP contribution in [0.4, 0.5) is 0 Å². The van der Waals surface area contributed by atoms with E-state index in [1.165, 1.54) is 5.56 Å². The molecule has 0 aromatic heterocycles. The number of carbonyl (C=O) groups excluding carboxylic acids is 1. The maximum atomic E-state index is 12.1. The second-order valence-electron chi connectivity index (χ2n) is 3.95. The first-order chi connectivity index (χ1) is 8.58. The Balaban J connectivity index is 2.84. The van der Waals surface area contributed by atoms with Gasteiger partial charge < -0.3 is 5.32 Å². The fraction of sp³-hybridized carbons (Fsp3) is 0.267. The fourth-order valence-electron chi connectivity index (χ4n) is 1.50. The van der Waals surface area contributed by atoms with Crippen LogP contribution in [-0.2, 0) is 6.42 Å². The van der Waals surface area contributed by atoms with E-state index in [2.05, 4.69) is 34.8 Å². The first-order valence-corrected chi connectivity index (χ1v) is 7.05. The van der Waals surface area contributed by atoms with Crippen molar-refractivity contribution in [3.63, 3.8) is 0 Å². The summed E-state index contributed by atoms with van der Waals surface area (Å²) in [6.45, 7) is 6.00. The number of benzene rings is 1. The maximum Gasteiger partial charge on any atom is 0.255 e. The van der Waals surface area contributed by atoms with E-state index in [0.717, 1.165) is 15.7 Å². The molecule has 0 unspecified atom stereocenters. The van der Waals surface area contributed by atoms with Gasteiger partial charge in [-0.25, -0.2) is 0 Å². The van der Waals surface area contributed by atoms with E-state index in [1.54, 1.807) is 0 Å². The minimum Gasteiger partial charge on any atom is -0.321 e. The largest absolute Gasteiger partial charge is 0.321 e. The van der Waals surface area contributed by atoms with Crippen molar-refractivity contribution < 1.29 is 4.79 Å². The molecule has 0 aliphatic heterocycles. The van der Waals surface area contributed by atoms with Crippen LogP contribution in [-0.4, -0.2) is 5.91 Å². The molecule has 0 aliphatic carbocycles. The van der Waals surface area contributed by atoms with E-state index in [1.807, 2.05) is 50.3 Å². The molecule has 0 heterocycles. The standard InChI is InChI=1S/C15H18INO/c1-4-6-14(11(3)16)17-15(18)13-9-7-12(5-2)8-10-13/h4,6-10H,5H2,1-3H3,(H,17,18)/b6-4-,14-11-. The molecule has 0 bridgehead atoms. The zero-order chi connectivity index (χ0) is 13.5. The van der Waals surface area contributed by atoms with Crippen LogP contribution in [0, 0.1) is 0 Å². The van der Waals surface area contributed by atoms with Crippen molar-refractivity contribution in [2.75, 3.05) is 0 Å². The summed E-state index contributed by atoms with van der Waals surface area (Å²) in [6.07, 6.45) is 4.80. The van der Waals surface area contributed by atoms with Crippen LogP contribution in [0.2, 0.25) is 0 Å². The van der Waals surface area contributed by atoms with Crippen LogP contribution >= 0.6 is 22.6 Å². The van der Waals surface area contributed by atoms with Gasteiger partial charge in [-0.3, -0.25) is 4.79 Å². The lowest BCUT2D eigenvalue weighted by Gasteiger charge is -2.08. The Hall–Kier alpha value is -1.10. The quantitative estimate of drug-likeness (QED) is 0.636. The Morgan fingerprint density at radius 1 is 1.33 bits per heavy atom. The molecule has 1 aromatic rings. The number of allylic oxidation sites excluding steroid dienone is 3. The van der Waals surface area contributed by atoms with Crippen LogP contribution in [0.25, 0.3) is 0 Å². The predicted molar refractivity (Wildman–Crippen MR) is 84.8 cm³/mol. The monoisotopic (exact) mass is 355 g/mol. The lowest BCUT2D eigenvalue weighted by molar-refractivity contribution is 0.0967. The highest BCUT2D eigenvalue weighted by atomic mass is 127. The molecule has 0 radical (unpaired) electrons. The van der Waals surface area contributed by atoms with Gasteiger partial charge in [-0.2, -0.15) is 0 Å². The highest BCUT2D eigenvalue weighted by molar-refractivity contribution is 14.1. The molecule has 1 rings (SSSR count). The Kier molecular flexibility index (Phi) is 6.12. The lowest BCUT2D eigenvalue weighted by atomic mass is 10.1. The normalized spacial score (nSPS) is 12.4. The first-order valence-electron chi connectivity index (χ1n) is 5.97. The minimum absolute atomic E-state index is 0.0678. The predicted octanol–water partition coefficient (Wildman–Crippen LogP) is 4.22. The lowest BCUT2D eigenvalue weighted by Crippen LogP contribution is -2.22. The van der Waals surface area contributed by atoms with E-state index >= 15 is 0 Å². The van der Waals surface area contributed by atoms with Crippen molar-refractivity contribution in [3.8, 4) is 0 Å². The van der Waals surface area contributed by atoms with Gasteiger partial charge in [-0.15, -0.1) is 0 Å². The molecule has 1 aromatic carbocycles. The summed E-state index contributed by atoms with van der Waals surface area (Å²) < 4.78 is 1.06. The topological polar surface area (TPSA) is 29.1 Å². The van der Waals surface area contributed by atoms with Gasteiger partial charge in [0.05, 0.1) is 0 Å². The highest BCUT2D eigenvalue weighted by Crippen LogP contribution is 2.12. The molecule has 0 fully saturated rings. The van der Waals surface area contributed by atoms with Gasteiger partial charge in [-0.1, -0.05) is 25.1 Å². The van der Waals surface area contributed by atoms with Crippen molar-refractivity contribution in [1.29, 1.82) is 0 Å². The number of hydrogen-bond donors (Lipinski definition) is 1. The van der Waals surface area contributed by atoms with Crippen molar-refractivity contribution in [3.05, 3.63) is 56.8 Å². The number of aryl methyl sites for hydroxylation is 1. The molecule has 0 spiro atoms. The van der Waals surface area contributed by atoms with Crippen LogP contribution in [0.15, 0.2) is 45.7 Å². The Morgan fingerprint density at radius 2 is 1.94 bits per heavy atom. The van der Waals surface area contributed by atoms with E-state index in [4.69, 9.17) is 0 Å². The molecule has 0 saturated heterocycles. The summed E-state index contributed by atoms with van der Waals surface area (Å²) in [4.78, 5) is 12.1. The molecular weight excluding hydrogens is 337 g/mol. The number of amides is 1. The number of nitrogens with one attached hydrogen (secondary N) is 1. The van der Waals surface area contributed by atoms with Crippen LogP contribution < -0.4 is 5.32 Å². The van der Waals surface area contributed by atoms with Gasteiger partial charge in [0.2, 0.25) is 0 Å². The van der Waals surface area contributed by atoms with Crippen LogP contribution in [0.5, 0.6) is 0 Å². The van der Waals surface area contributed by atoms with E-state index < -0.39 is 0 Å². The highest BCUT2D eigenvalue weighted by Gasteiger charge is 2.07. The third kappa shape index (κ3) is 4.29. The number of halogens is 1. The third-order valence-electron chi connectivity index (χ3n) is 2.58. The summed E-state index contributed by atoms with van der Waals surface area (Å²) in [6, 6.07) is 7.71. The van der Waals surface area contributed by atoms with Gasteiger partial charge in [0.15, 0.2) is 0 Å². The minimum atomic E-state index is -0.0678. The van der Waals surface area contributed by atoms with E-state index in [0.29, 0.717) is 5.56 Å². The molecule has 0 atom stereocenters. The molecule has 3 heteroatoms. The van der Waals surface area contributed by atoms with Gasteiger partial charge in [-0.05, 0) is 66.6 Å². The first kappa shape index (κ1) is 15.0. The SMILES string of the molecule is C/C=C\C(NC(=O)c1ccc(CC)cc1)=C(/C)I. The van der Waals surface area contributed by atoms with Crippen LogP contribution in [0.1, 0.15) is 36.7 Å². The van der Waals surface area contributed by atoms with Crippen molar-refractivity contribution >= 4 is 28.5 Å². The van der Waals surface area contributed by atoms with Gasteiger partial charge in [0.25, 0.3) is 5.91 Å². The molecule has 0 aliphatic rings. The zero-order valence-electron chi connectivity index (χ0n) is 11.0. The third-order valence-corrected chi connectivity index (χ3v) is 3.16. The molecule has 0 saturated carbocycles. The number of carbonyl (C=O) groups is 1. The number of hydrogen-bond acceptors (Lipinski definition) is 1. The van der Waals surface area contributed by atoms with Crippen molar-refractivity contribution in [1.82, 2.24) is 5.32 Å². The summed E-state index contributed by atoms with van der Waals surface area (Å²) in [5, 5.41) is 2.92. The second-order valence-corrected chi connectivity index (χ2v) is 5.57. The Labute approximate surface area is 122 Å². The molecule has 96 valence electrons. The van der Waals surface area contributed by atoms with Crippen molar-refractivity contribution in [2.24, 2.45) is 0 Å². The maximum absolute atomic E-state index is 12.1. The second kappa shape index (κ2) is 7.36. The van der Waals surface area contributed by atoms with Gasteiger partial charge >= 0.3 is 0 Å². The summed E-state index contributed by atoms with van der Waals surface area (Å²) in [5.74, 6) is -0.0678.